The molecule has 1 rings (SSSR count). The summed E-state index contributed by atoms with van der Waals surface area (Å²) < 4.78 is 7.24. The number of methoxy groups -OCH3 is 1. The lowest BCUT2D eigenvalue weighted by Crippen LogP contribution is -2.35. The van der Waals surface area contributed by atoms with Crippen LogP contribution in [0.4, 0.5) is 0 Å². The zero-order valence-corrected chi connectivity index (χ0v) is 11.0. The van der Waals surface area contributed by atoms with Crippen LogP contribution in [0, 0.1) is 13.8 Å². The van der Waals surface area contributed by atoms with Gasteiger partial charge in [0.1, 0.15) is 0 Å². The van der Waals surface area contributed by atoms with Crippen molar-refractivity contribution in [3.05, 3.63) is 17.0 Å². The van der Waals surface area contributed by atoms with Gasteiger partial charge in [-0.2, -0.15) is 5.10 Å². The summed E-state index contributed by atoms with van der Waals surface area (Å²) in [5, 5.41) is 7.81. The first-order chi connectivity index (χ1) is 7.63. The summed E-state index contributed by atoms with van der Waals surface area (Å²) in [6.45, 7) is 7.95. The van der Waals surface area contributed by atoms with Crippen LogP contribution in [0.5, 0.6) is 0 Å². The number of aromatic nitrogens is 2. The highest BCUT2D eigenvalue weighted by Gasteiger charge is 2.13. The summed E-state index contributed by atoms with van der Waals surface area (Å²) >= 11 is 0. The highest BCUT2D eigenvalue weighted by atomic mass is 16.5. The van der Waals surface area contributed by atoms with Crippen LogP contribution in [0.25, 0.3) is 0 Å². The molecule has 0 saturated heterocycles. The molecule has 0 aromatic carbocycles. The van der Waals surface area contributed by atoms with Crippen molar-refractivity contribution >= 4 is 0 Å². The molecule has 0 aliphatic heterocycles. The molecule has 1 aromatic rings. The second-order valence-electron chi connectivity index (χ2n) is 4.13. The molecular formula is C12H23N3O. The van der Waals surface area contributed by atoms with Gasteiger partial charge in [0.15, 0.2) is 0 Å². The van der Waals surface area contributed by atoms with Crippen LogP contribution in [0.15, 0.2) is 0 Å². The fraction of sp³-hybridized carbons (Fsp3) is 0.750. The maximum Gasteiger partial charge on any atom is 0.0633 e. The fourth-order valence-electron chi connectivity index (χ4n) is 2.06. The first kappa shape index (κ1) is 13.2. The number of nitrogens with zero attached hydrogens (tertiary/aromatic N) is 2. The molecular weight excluding hydrogens is 202 g/mol. The van der Waals surface area contributed by atoms with Crippen LogP contribution in [-0.2, 0) is 17.7 Å². The van der Waals surface area contributed by atoms with Gasteiger partial charge in [0.2, 0.25) is 0 Å². The molecule has 0 aliphatic carbocycles. The molecule has 0 fully saturated rings. The van der Waals surface area contributed by atoms with Gasteiger partial charge >= 0.3 is 0 Å². The average molecular weight is 225 g/mol. The van der Waals surface area contributed by atoms with Crippen molar-refractivity contribution < 1.29 is 4.74 Å². The first-order valence-electron chi connectivity index (χ1n) is 5.83. The first-order valence-corrected chi connectivity index (χ1v) is 5.83. The molecule has 1 aromatic heterocycles. The van der Waals surface area contributed by atoms with E-state index in [1.54, 1.807) is 7.11 Å². The number of rotatable bonds is 6. The summed E-state index contributed by atoms with van der Waals surface area (Å²) in [6, 6.07) is 0.313. The number of likely N-dealkylation sites (N-methyl/N-ethyl adjacent to an activating group) is 1. The van der Waals surface area contributed by atoms with Gasteiger partial charge in [-0.15, -0.1) is 0 Å². The monoisotopic (exact) mass is 225 g/mol. The number of aryl methyl sites for hydroxylation is 1. The molecule has 0 aliphatic rings. The van der Waals surface area contributed by atoms with Gasteiger partial charge in [-0.25, -0.2) is 0 Å². The van der Waals surface area contributed by atoms with Crippen LogP contribution < -0.4 is 5.32 Å². The summed E-state index contributed by atoms with van der Waals surface area (Å²) in [7, 11) is 3.68. The van der Waals surface area contributed by atoms with Gasteiger partial charge in [-0.1, -0.05) is 6.92 Å². The molecule has 1 heterocycles. The molecule has 4 nitrogen and oxygen atoms in total. The number of hydrogen-bond acceptors (Lipinski definition) is 3. The van der Waals surface area contributed by atoms with E-state index in [4.69, 9.17) is 4.74 Å². The van der Waals surface area contributed by atoms with E-state index >= 15 is 0 Å². The fourth-order valence-corrected chi connectivity index (χ4v) is 2.06. The van der Waals surface area contributed by atoms with Crippen LogP contribution in [0.3, 0.4) is 0 Å². The third kappa shape index (κ3) is 2.83. The molecule has 1 unspecified atom stereocenters. The molecule has 0 saturated carbocycles. The smallest absolute Gasteiger partial charge is 0.0633 e. The molecule has 1 atom stereocenters. The Morgan fingerprint density at radius 2 is 2.12 bits per heavy atom. The minimum atomic E-state index is 0.313. The van der Waals surface area contributed by atoms with Crippen molar-refractivity contribution in [1.29, 1.82) is 0 Å². The molecule has 1 N–H and O–H groups in total. The van der Waals surface area contributed by atoms with E-state index < -0.39 is 0 Å². The molecule has 92 valence electrons. The van der Waals surface area contributed by atoms with E-state index in [1.165, 1.54) is 11.3 Å². The normalized spacial score (nSPS) is 13.1. The maximum absolute atomic E-state index is 5.17. The second-order valence-corrected chi connectivity index (χ2v) is 4.13. The van der Waals surface area contributed by atoms with E-state index in [0.717, 1.165) is 18.7 Å². The maximum atomic E-state index is 5.17. The summed E-state index contributed by atoms with van der Waals surface area (Å²) in [5.41, 5.74) is 3.79. The van der Waals surface area contributed by atoms with Crippen molar-refractivity contribution in [2.24, 2.45) is 0 Å². The molecule has 4 heteroatoms. The summed E-state index contributed by atoms with van der Waals surface area (Å²) in [4.78, 5) is 0. The summed E-state index contributed by atoms with van der Waals surface area (Å²) in [5.74, 6) is 0. The van der Waals surface area contributed by atoms with Crippen molar-refractivity contribution in [1.82, 2.24) is 15.1 Å². The summed E-state index contributed by atoms with van der Waals surface area (Å²) in [6.07, 6.45) is 1.05. The Morgan fingerprint density at radius 3 is 2.56 bits per heavy atom. The molecule has 0 spiro atoms. The largest absolute Gasteiger partial charge is 0.383 e. The van der Waals surface area contributed by atoms with Crippen LogP contribution >= 0.6 is 0 Å². The Bertz CT molecular complexity index is 333. The Hall–Kier alpha value is -0.870. The Kier molecular flexibility index (Phi) is 4.96. The topological polar surface area (TPSA) is 39.1 Å². The van der Waals surface area contributed by atoms with Crippen molar-refractivity contribution in [2.75, 3.05) is 20.8 Å². The highest BCUT2D eigenvalue weighted by molar-refractivity contribution is 5.24. The lowest BCUT2D eigenvalue weighted by Gasteiger charge is -2.16. The molecule has 0 radical (unpaired) electrons. The molecule has 16 heavy (non-hydrogen) atoms. The average Bonchev–Trinajstić information content (AvgIpc) is 2.53. The zero-order valence-electron chi connectivity index (χ0n) is 11.0. The van der Waals surface area contributed by atoms with E-state index in [2.05, 4.69) is 35.9 Å². The van der Waals surface area contributed by atoms with Gasteiger partial charge in [0.25, 0.3) is 0 Å². The third-order valence-corrected chi connectivity index (χ3v) is 3.05. The molecule has 0 amide bonds. The van der Waals surface area contributed by atoms with Crippen molar-refractivity contribution in [2.45, 2.75) is 39.8 Å². The van der Waals surface area contributed by atoms with Gasteiger partial charge in [0.05, 0.1) is 18.8 Å². The predicted octanol–water partition coefficient (Wildman–Crippen LogP) is 1.30. The lowest BCUT2D eigenvalue weighted by molar-refractivity contribution is 0.160. The number of hydrogen-bond donors (Lipinski definition) is 1. The second kappa shape index (κ2) is 6.01. The molecule has 0 bridgehead atoms. The highest BCUT2D eigenvalue weighted by Crippen LogP contribution is 2.13. The zero-order chi connectivity index (χ0) is 12.1. The quantitative estimate of drug-likeness (QED) is 0.793. The SMILES string of the molecule is CCc1c(C)nn(CC(COC)NC)c1C. The minimum absolute atomic E-state index is 0.313. The van der Waals surface area contributed by atoms with E-state index in [0.29, 0.717) is 12.6 Å². The Morgan fingerprint density at radius 1 is 1.44 bits per heavy atom. The van der Waals surface area contributed by atoms with Gasteiger partial charge in [0, 0.05) is 18.8 Å². The Labute approximate surface area is 98.0 Å². The van der Waals surface area contributed by atoms with Gasteiger partial charge < -0.3 is 10.1 Å². The van der Waals surface area contributed by atoms with Crippen molar-refractivity contribution in [3.63, 3.8) is 0 Å². The minimum Gasteiger partial charge on any atom is -0.383 e. The lowest BCUT2D eigenvalue weighted by atomic mass is 10.1. The number of ether oxygens (including phenoxy) is 1. The van der Waals surface area contributed by atoms with E-state index in [9.17, 15) is 0 Å². The van der Waals surface area contributed by atoms with Crippen LogP contribution in [0.2, 0.25) is 0 Å². The predicted molar refractivity (Wildman–Crippen MR) is 65.8 cm³/mol. The Balaban J connectivity index is 2.80. The third-order valence-electron chi connectivity index (χ3n) is 3.05. The van der Waals surface area contributed by atoms with E-state index in [1.807, 2.05) is 7.05 Å². The number of nitrogens with one attached hydrogen (secondary N) is 1. The van der Waals surface area contributed by atoms with E-state index in [-0.39, 0.29) is 0 Å². The van der Waals surface area contributed by atoms with Gasteiger partial charge in [-0.3, -0.25) is 4.68 Å². The standard InChI is InChI=1S/C12H23N3O/c1-6-12-9(2)14-15(10(12)3)7-11(13-4)8-16-5/h11,13H,6-8H2,1-5H3. The van der Waals surface area contributed by atoms with Gasteiger partial charge in [-0.05, 0) is 32.9 Å². The van der Waals surface area contributed by atoms with Crippen LogP contribution in [-0.4, -0.2) is 36.6 Å². The van der Waals surface area contributed by atoms with Crippen LogP contribution in [0.1, 0.15) is 23.9 Å². The van der Waals surface area contributed by atoms with Crippen molar-refractivity contribution in [3.8, 4) is 0 Å².